The average molecular weight is 519 g/mol. The minimum Gasteiger partial charge on any atom is -0.444 e. The van der Waals surface area contributed by atoms with Gasteiger partial charge in [-0.2, -0.15) is 0 Å². The molecule has 1 aromatic rings. The van der Waals surface area contributed by atoms with Crippen molar-refractivity contribution >= 4 is 23.8 Å². The molecule has 9 heteroatoms. The van der Waals surface area contributed by atoms with Gasteiger partial charge in [-0.05, 0) is 64.2 Å². The van der Waals surface area contributed by atoms with E-state index in [0.29, 0.717) is 18.5 Å². The van der Waals surface area contributed by atoms with Gasteiger partial charge in [-0.3, -0.25) is 14.4 Å². The molecule has 4 N–H and O–H groups in total. The number of hydrogen-bond donors (Lipinski definition) is 3. The van der Waals surface area contributed by atoms with E-state index in [1.807, 2.05) is 39.0 Å². The van der Waals surface area contributed by atoms with Crippen LogP contribution in [0.25, 0.3) is 0 Å². The molecule has 0 heterocycles. The number of hydrogen-bond acceptors (Lipinski definition) is 5. The molecular formula is C28H46N4O5. The third-order valence-electron chi connectivity index (χ3n) is 6.01. The number of alkyl carbamates (subject to hydrolysis) is 1. The maximum absolute atomic E-state index is 13.9. The highest BCUT2D eigenvalue weighted by molar-refractivity contribution is 5.94. The maximum atomic E-state index is 13.9. The lowest BCUT2D eigenvalue weighted by Gasteiger charge is -2.35. The second-order valence-electron chi connectivity index (χ2n) is 10.4. The van der Waals surface area contributed by atoms with Crippen molar-refractivity contribution in [2.45, 2.75) is 105 Å². The summed E-state index contributed by atoms with van der Waals surface area (Å²) in [6.45, 7) is 13.8. The number of amides is 4. The van der Waals surface area contributed by atoms with Crippen LogP contribution in [0.2, 0.25) is 0 Å². The van der Waals surface area contributed by atoms with Gasteiger partial charge in [0.1, 0.15) is 17.7 Å². The fourth-order valence-electron chi connectivity index (χ4n) is 3.95. The lowest BCUT2D eigenvalue weighted by molar-refractivity contribution is -0.143. The summed E-state index contributed by atoms with van der Waals surface area (Å²) in [5.74, 6) is -1.62. The topological polar surface area (TPSA) is 131 Å². The molecule has 1 rings (SSSR count). The van der Waals surface area contributed by atoms with Crippen LogP contribution in [0.1, 0.15) is 95.9 Å². The number of unbranched alkanes of at least 4 members (excludes halogenated alkanes) is 3. The fraction of sp³-hybridized carbons (Fsp3) is 0.643. The zero-order chi connectivity index (χ0) is 28.2. The fourth-order valence-corrected chi connectivity index (χ4v) is 3.95. The average Bonchev–Trinajstić information content (AvgIpc) is 2.79. The molecule has 0 saturated heterocycles. The van der Waals surface area contributed by atoms with E-state index >= 15 is 0 Å². The Balaban J connectivity index is 3.49. The number of nitrogens with zero attached hydrogens (tertiary/aromatic N) is 1. The number of aryl methyl sites for hydroxylation is 1. The Hall–Kier alpha value is -3.10. The Labute approximate surface area is 221 Å². The molecule has 0 aliphatic carbocycles. The van der Waals surface area contributed by atoms with E-state index in [4.69, 9.17) is 10.5 Å². The number of carbonyl (C=O) groups is 4. The van der Waals surface area contributed by atoms with E-state index in [-0.39, 0.29) is 12.5 Å². The van der Waals surface area contributed by atoms with Crippen molar-refractivity contribution in [3.05, 3.63) is 34.9 Å². The van der Waals surface area contributed by atoms with E-state index in [9.17, 15) is 19.2 Å². The molecule has 1 aromatic carbocycles. The summed E-state index contributed by atoms with van der Waals surface area (Å²) in [6, 6.07) is 3.45. The zero-order valence-electron chi connectivity index (χ0n) is 23.6. The van der Waals surface area contributed by atoms with Gasteiger partial charge >= 0.3 is 6.09 Å². The quantitative estimate of drug-likeness (QED) is 0.320. The predicted octanol–water partition coefficient (Wildman–Crippen LogP) is 4.05. The highest BCUT2D eigenvalue weighted by atomic mass is 16.6. The zero-order valence-corrected chi connectivity index (χ0v) is 23.6. The minimum absolute atomic E-state index is 0.265. The lowest BCUT2D eigenvalue weighted by atomic mass is 9.94. The van der Waals surface area contributed by atoms with Crippen molar-refractivity contribution in [2.75, 3.05) is 13.1 Å². The second-order valence-corrected chi connectivity index (χ2v) is 10.4. The van der Waals surface area contributed by atoms with Crippen molar-refractivity contribution < 1.29 is 23.9 Å². The van der Waals surface area contributed by atoms with E-state index in [0.717, 1.165) is 36.8 Å². The van der Waals surface area contributed by atoms with E-state index < -0.39 is 42.0 Å². The summed E-state index contributed by atoms with van der Waals surface area (Å²) in [6.07, 6.45) is 2.98. The number of carbonyl (C=O) groups excluding carboxylic acids is 4. The monoisotopic (exact) mass is 518 g/mol. The van der Waals surface area contributed by atoms with Crippen LogP contribution in [0, 0.1) is 13.8 Å². The molecule has 2 unspecified atom stereocenters. The molecule has 0 fully saturated rings. The number of benzene rings is 1. The van der Waals surface area contributed by atoms with Gasteiger partial charge in [-0.1, -0.05) is 51.3 Å². The molecule has 0 aromatic heterocycles. The third-order valence-corrected chi connectivity index (χ3v) is 6.01. The first-order chi connectivity index (χ1) is 17.3. The smallest absolute Gasteiger partial charge is 0.408 e. The molecule has 0 spiro atoms. The molecule has 37 heavy (non-hydrogen) atoms. The molecular weight excluding hydrogens is 472 g/mol. The summed E-state index contributed by atoms with van der Waals surface area (Å²) in [5, 5.41) is 5.50. The van der Waals surface area contributed by atoms with Gasteiger partial charge in [0.25, 0.3) is 0 Å². The largest absolute Gasteiger partial charge is 0.444 e. The van der Waals surface area contributed by atoms with Gasteiger partial charge in [0.2, 0.25) is 17.7 Å². The number of primary amides is 1. The Bertz CT molecular complexity index is 926. The summed E-state index contributed by atoms with van der Waals surface area (Å²) < 4.78 is 5.31. The summed E-state index contributed by atoms with van der Waals surface area (Å²) in [5.41, 5.74) is 7.23. The van der Waals surface area contributed by atoms with Gasteiger partial charge < -0.3 is 26.0 Å². The highest BCUT2D eigenvalue weighted by Gasteiger charge is 2.37. The van der Waals surface area contributed by atoms with Crippen molar-refractivity contribution in [1.29, 1.82) is 0 Å². The molecule has 0 saturated carbocycles. The normalized spacial score (nSPS) is 12.8. The summed E-state index contributed by atoms with van der Waals surface area (Å²) in [7, 11) is 0. The molecule has 0 aliphatic rings. The van der Waals surface area contributed by atoms with Crippen LogP contribution in [0.5, 0.6) is 0 Å². The third kappa shape index (κ3) is 10.8. The first-order valence-corrected chi connectivity index (χ1v) is 13.2. The van der Waals surface area contributed by atoms with Crippen molar-refractivity contribution in [3.63, 3.8) is 0 Å². The van der Waals surface area contributed by atoms with Crippen LogP contribution >= 0.6 is 0 Å². The van der Waals surface area contributed by atoms with E-state index in [1.165, 1.54) is 4.90 Å². The summed E-state index contributed by atoms with van der Waals surface area (Å²) in [4.78, 5) is 53.4. The van der Waals surface area contributed by atoms with Gasteiger partial charge in [-0.15, -0.1) is 0 Å². The lowest BCUT2D eigenvalue weighted by Crippen LogP contribution is -2.54. The van der Waals surface area contributed by atoms with E-state index in [2.05, 4.69) is 17.6 Å². The highest BCUT2D eigenvalue weighted by Crippen LogP contribution is 2.28. The van der Waals surface area contributed by atoms with Crippen molar-refractivity contribution in [2.24, 2.45) is 5.73 Å². The van der Waals surface area contributed by atoms with Crippen LogP contribution in [-0.2, 0) is 19.1 Å². The molecule has 4 amide bonds. The molecule has 2 atom stereocenters. The predicted molar refractivity (Wildman–Crippen MR) is 145 cm³/mol. The number of ether oxygens (including phenoxy) is 1. The first kappa shape index (κ1) is 31.9. The van der Waals surface area contributed by atoms with Crippen molar-refractivity contribution in [3.8, 4) is 0 Å². The Morgan fingerprint density at radius 2 is 1.68 bits per heavy atom. The molecule has 0 aliphatic heterocycles. The van der Waals surface area contributed by atoms with Gasteiger partial charge in [0, 0.05) is 13.1 Å². The standard InChI is InChI=1S/C28H46N4O5/c1-8-10-12-16-30-25(34)24(21-15-13-14-19(3)20(21)4)32(17-11-9-2)26(35)22(18-23(29)33)31-27(36)37-28(5,6)7/h13-15,22,24H,8-12,16-18H2,1-7H3,(H2,29,33)(H,30,34)(H,31,36). The Kier molecular flexibility index (Phi) is 13.1. The molecule has 208 valence electrons. The number of nitrogens with one attached hydrogen (secondary N) is 2. The van der Waals surface area contributed by atoms with Crippen molar-refractivity contribution in [1.82, 2.24) is 15.5 Å². The first-order valence-electron chi connectivity index (χ1n) is 13.2. The minimum atomic E-state index is -1.27. The SMILES string of the molecule is CCCCCNC(=O)C(c1cccc(C)c1C)N(CCCC)C(=O)C(CC(N)=O)NC(=O)OC(C)(C)C. The van der Waals surface area contributed by atoms with Gasteiger partial charge in [-0.25, -0.2) is 4.79 Å². The molecule has 0 radical (unpaired) electrons. The van der Waals surface area contributed by atoms with Crippen LogP contribution in [-0.4, -0.2) is 53.4 Å². The van der Waals surface area contributed by atoms with Crippen LogP contribution in [0.3, 0.4) is 0 Å². The van der Waals surface area contributed by atoms with Gasteiger partial charge in [0.15, 0.2) is 0 Å². The van der Waals surface area contributed by atoms with E-state index in [1.54, 1.807) is 20.8 Å². The van der Waals surface area contributed by atoms with Crippen LogP contribution in [0.15, 0.2) is 18.2 Å². The summed E-state index contributed by atoms with van der Waals surface area (Å²) >= 11 is 0. The van der Waals surface area contributed by atoms with Crippen LogP contribution < -0.4 is 16.4 Å². The Morgan fingerprint density at radius 3 is 2.24 bits per heavy atom. The number of rotatable bonds is 14. The maximum Gasteiger partial charge on any atom is 0.408 e. The number of nitrogens with two attached hydrogens (primary N) is 1. The van der Waals surface area contributed by atoms with Gasteiger partial charge in [0.05, 0.1) is 6.42 Å². The molecule has 9 nitrogen and oxygen atoms in total. The Morgan fingerprint density at radius 1 is 1.03 bits per heavy atom. The second kappa shape index (κ2) is 15.2. The molecule has 0 bridgehead atoms. The van der Waals surface area contributed by atoms with Crippen LogP contribution in [0.4, 0.5) is 4.79 Å².